The second-order valence-corrected chi connectivity index (χ2v) is 4.70. The van der Waals surface area contributed by atoms with Crippen molar-refractivity contribution in [2.24, 2.45) is 0 Å². The average Bonchev–Trinajstić information content (AvgIpc) is 2.96. The number of nitrogens with one attached hydrogen (secondary N) is 2. The highest BCUT2D eigenvalue weighted by molar-refractivity contribution is 5.59. The Balaban J connectivity index is 1.89. The van der Waals surface area contributed by atoms with Crippen LogP contribution in [0.25, 0.3) is 5.82 Å². The molecule has 114 valence electrons. The van der Waals surface area contributed by atoms with Crippen LogP contribution in [0.3, 0.4) is 0 Å². The van der Waals surface area contributed by atoms with Crippen LogP contribution >= 0.6 is 0 Å². The van der Waals surface area contributed by atoms with Crippen molar-refractivity contribution in [3.05, 3.63) is 48.0 Å². The molecule has 0 aliphatic rings. The number of hydrogen-bond acceptors (Lipinski definition) is 7. The van der Waals surface area contributed by atoms with Crippen LogP contribution in [0.4, 0.5) is 17.5 Å². The number of nitrogens with zero attached hydrogens (tertiary/aromatic N) is 6. The van der Waals surface area contributed by atoms with Crippen LogP contribution in [0.1, 0.15) is 11.3 Å². The van der Waals surface area contributed by atoms with Crippen molar-refractivity contribution in [3.63, 3.8) is 0 Å². The quantitative estimate of drug-likeness (QED) is 0.759. The molecule has 0 radical (unpaired) electrons. The first-order valence-electron chi connectivity index (χ1n) is 6.91. The van der Waals surface area contributed by atoms with Crippen LogP contribution in [-0.4, -0.2) is 31.8 Å². The van der Waals surface area contributed by atoms with E-state index in [1.807, 2.05) is 37.4 Å². The van der Waals surface area contributed by atoms with Gasteiger partial charge in [-0.15, -0.1) is 0 Å². The fourth-order valence-corrected chi connectivity index (χ4v) is 2.02. The minimum atomic E-state index is 0.386. The third-order valence-corrected chi connectivity index (χ3v) is 3.18. The van der Waals surface area contributed by atoms with Crippen molar-refractivity contribution >= 4 is 17.5 Å². The number of anilines is 3. The van der Waals surface area contributed by atoms with Gasteiger partial charge in [0.1, 0.15) is 17.5 Å². The average molecular weight is 306 g/mol. The van der Waals surface area contributed by atoms with Crippen molar-refractivity contribution in [2.45, 2.75) is 6.92 Å². The monoisotopic (exact) mass is 306 g/mol. The molecule has 0 amide bonds. The predicted octanol–water partition coefficient (Wildman–Crippen LogP) is 2.02. The Morgan fingerprint density at radius 1 is 1.26 bits per heavy atom. The van der Waals surface area contributed by atoms with E-state index in [1.54, 1.807) is 17.9 Å². The van der Waals surface area contributed by atoms with Crippen molar-refractivity contribution in [1.82, 2.24) is 24.7 Å². The number of pyridine rings is 1. The molecule has 0 aliphatic carbocycles. The summed E-state index contributed by atoms with van der Waals surface area (Å²) in [7, 11) is 1.71. The van der Waals surface area contributed by atoms with Gasteiger partial charge in [-0.2, -0.15) is 15.3 Å². The second-order valence-electron chi connectivity index (χ2n) is 4.70. The van der Waals surface area contributed by atoms with E-state index < -0.39 is 0 Å². The summed E-state index contributed by atoms with van der Waals surface area (Å²) in [5.74, 6) is 1.58. The molecule has 0 bridgehead atoms. The molecule has 0 aliphatic heterocycles. The summed E-state index contributed by atoms with van der Waals surface area (Å²) in [4.78, 5) is 12.7. The number of nitriles is 1. The molecule has 23 heavy (non-hydrogen) atoms. The SMILES string of the molecule is CNc1nc(Nc2cn(-c3ccccn3)nc2C)ncc1C#N. The molecule has 3 heterocycles. The maximum Gasteiger partial charge on any atom is 0.229 e. The van der Waals surface area contributed by atoms with Crippen molar-refractivity contribution < 1.29 is 0 Å². The Labute approximate surface area is 132 Å². The van der Waals surface area contributed by atoms with Gasteiger partial charge in [-0.05, 0) is 19.1 Å². The van der Waals surface area contributed by atoms with E-state index in [1.165, 1.54) is 6.20 Å². The maximum atomic E-state index is 8.99. The van der Waals surface area contributed by atoms with E-state index in [2.05, 4.69) is 30.7 Å². The summed E-state index contributed by atoms with van der Waals surface area (Å²) >= 11 is 0. The Morgan fingerprint density at radius 2 is 2.13 bits per heavy atom. The van der Waals surface area contributed by atoms with Crippen molar-refractivity contribution in [3.8, 4) is 11.9 Å². The lowest BCUT2D eigenvalue weighted by molar-refractivity contribution is 0.832. The molecule has 3 aromatic rings. The maximum absolute atomic E-state index is 8.99. The molecule has 0 saturated carbocycles. The molecule has 8 nitrogen and oxygen atoms in total. The van der Waals surface area contributed by atoms with E-state index in [4.69, 9.17) is 5.26 Å². The largest absolute Gasteiger partial charge is 0.372 e. The minimum absolute atomic E-state index is 0.386. The number of aryl methyl sites for hydroxylation is 1. The number of rotatable bonds is 4. The van der Waals surface area contributed by atoms with Crippen LogP contribution in [-0.2, 0) is 0 Å². The molecule has 0 spiro atoms. The predicted molar refractivity (Wildman–Crippen MR) is 85.7 cm³/mol. The Bertz CT molecular complexity index is 863. The zero-order valence-electron chi connectivity index (χ0n) is 12.6. The fourth-order valence-electron chi connectivity index (χ4n) is 2.02. The van der Waals surface area contributed by atoms with Crippen LogP contribution in [0.2, 0.25) is 0 Å². The molecule has 0 fully saturated rings. The Morgan fingerprint density at radius 3 is 2.83 bits per heavy atom. The molecule has 3 rings (SSSR count). The lowest BCUT2D eigenvalue weighted by Crippen LogP contribution is -2.03. The van der Waals surface area contributed by atoms with E-state index in [-0.39, 0.29) is 0 Å². The summed E-state index contributed by atoms with van der Waals surface area (Å²) < 4.78 is 1.68. The standard InChI is InChI=1S/C15H14N8/c1-10-12(9-23(22-10)13-5-3-4-6-18-13)20-15-19-8-11(7-16)14(17-2)21-15/h3-6,8-9H,1-2H3,(H2,17,19,20,21). The molecular weight excluding hydrogens is 292 g/mol. The van der Waals surface area contributed by atoms with Crippen LogP contribution in [0.5, 0.6) is 0 Å². The smallest absolute Gasteiger partial charge is 0.229 e. The summed E-state index contributed by atoms with van der Waals surface area (Å²) in [6, 6.07) is 7.65. The van der Waals surface area contributed by atoms with Gasteiger partial charge >= 0.3 is 0 Å². The zero-order valence-corrected chi connectivity index (χ0v) is 12.6. The van der Waals surface area contributed by atoms with Gasteiger partial charge in [0, 0.05) is 13.2 Å². The normalized spacial score (nSPS) is 10.1. The Hall–Kier alpha value is -3.47. The van der Waals surface area contributed by atoms with E-state index in [9.17, 15) is 0 Å². The second kappa shape index (κ2) is 6.11. The third-order valence-electron chi connectivity index (χ3n) is 3.18. The molecule has 2 N–H and O–H groups in total. The van der Waals surface area contributed by atoms with Gasteiger partial charge in [0.05, 0.1) is 23.8 Å². The summed E-state index contributed by atoms with van der Waals surface area (Å²) in [6.07, 6.45) is 5.00. The fraction of sp³-hybridized carbons (Fsp3) is 0.133. The molecule has 0 unspecified atom stereocenters. The molecule has 0 aromatic carbocycles. The first kappa shape index (κ1) is 14.5. The highest BCUT2D eigenvalue weighted by atomic mass is 15.3. The zero-order chi connectivity index (χ0) is 16.2. The molecule has 0 saturated heterocycles. The first-order valence-corrected chi connectivity index (χ1v) is 6.91. The lowest BCUT2D eigenvalue weighted by Gasteiger charge is -2.06. The van der Waals surface area contributed by atoms with Gasteiger partial charge < -0.3 is 10.6 Å². The molecule has 8 heteroatoms. The van der Waals surface area contributed by atoms with E-state index in [0.717, 1.165) is 17.2 Å². The van der Waals surface area contributed by atoms with Gasteiger partial charge in [-0.3, -0.25) is 0 Å². The lowest BCUT2D eigenvalue weighted by atomic mass is 10.3. The van der Waals surface area contributed by atoms with Gasteiger partial charge in [0.15, 0.2) is 5.82 Å². The third kappa shape index (κ3) is 2.94. The molecule has 0 atom stereocenters. The summed E-state index contributed by atoms with van der Waals surface area (Å²) in [5.41, 5.74) is 1.94. The van der Waals surface area contributed by atoms with E-state index >= 15 is 0 Å². The van der Waals surface area contributed by atoms with Crippen molar-refractivity contribution in [1.29, 1.82) is 5.26 Å². The highest BCUT2D eigenvalue weighted by Gasteiger charge is 2.10. The van der Waals surface area contributed by atoms with Gasteiger partial charge in [-0.1, -0.05) is 6.07 Å². The van der Waals surface area contributed by atoms with Crippen LogP contribution in [0, 0.1) is 18.3 Å². The minimum Gasteiger partial charge on any atom is -0.372 e. The number of hydrogen-bond donors (Lipinski definition) is 2. The summed E-state index contributed by atoms with van der Waals surface area (Å²) in [5, 5.41) is 19.4. The topological polar surface area (TPSA) is 104 Å². The van der Waals surface area contributed by atoms with Crippen molar-refractivity contribution in [2.75, 3.05) is 17.7 Å². The number of aromatic nitrogens is 5. The van der Waals surface area contributed by atoms with Crippen LogP contribution < -0.4 is 10.6 Å². The van der Waals surface area contributed by atoms with Gasteiger partial charge in [0.25, 0.3) is 0 Å². The van der Waals surface area contributed by atoms with Gasteiger partial charge in [0.2, 0.25) is 5.95 Å². The molecular formula is C15H14N8. The van der Waals surface area contributed by atoms with Crippen LogP contribution in [0.15, 0.2) is 36.8 Å². The summed E-state index contributed by atoms with van der Waals surface area (Å²) in [6.45, 7) is 1.88. The highest BCUT2D eigenvalue weighted by Crippen LogP contribution is 2.20. The van der Waals surface area contributed by atoms with E-state index in [0.29, 0.717) is 17.3 Å². The first-order chi connectivity index (χ1) is 11.2. The molecule has 3 aromatic heterocycles. The van der Waals surface area contributed by atoms with Gasteiger partial charge in [-0.25, -0.2) is 14.6 Å². The Kier molecular flexibility index (Phi) is 3.84.